The van der Waals surface area contributed by atoms with E-state index in [2.05, 4.69) is 59.3 Å². The SMILES string of the molecule is CCC(CCN(C)C#N)NN/C=N/CCC1=C/C/C=C\C/C=C\1. The lowest BCUT2D eigenvalue weighted by molar-refractivity contribution is 0.379. The Morgan fingerprint density at radius 1 is 1.39 bits per heavy atom. The van der Waals surface area contributed by atoms with Gasteiger partial charge in [0.05, 0.1) is 6.34 Å². The first-order valence-corrected chi connectivity index (χ1v) is 8.37. The van der Waals surface area contributed by atoms with Crippen molar-refractivity contribution in [3.05, 3.63) is 36.0 Å². The van der Waals surface area contributed by atoms with Crippen LogP contribution in [-0.2, 0) is 0 Å². The molecule has 0 bridgehead atoms. The minimum atomic E-state index is 0.334. The van der Waals surface area contributed by atoms with E-state index in [1.807, 2.05) is 0 Å². The zero-order valence-electron chi connectivity index (χ0n) is 14.3. The highest BCUT2D eigenvalue weighted by Gasteiger charge is 2.05. The maximum absolute atomic E-state index is 8.74. The maximum Gasteiger partial charge on any atom is 0.179 e. The quantitative estimate of drug-likeness (QED) is 0.162. The van der Waals surface area contributed by atoms with Gasteiger partial charge in [0, 0.05) is 26.2 Å². The fourth-order valence-electron chi connectivity index (χ4n) is 2.20. The maximum atomic E-state index is 8.74. The van der Waals surface area contributed by atoms with E-state index in [9.17, 15) is 0 Å². The van der Waals surface area contributed by atoms with E-state index in [-0.39, 0.29) is 0 Å². The van der Waals surface area contributed by atoms with Gasteiger partial charge in [-0.2, -0.15) is 5.26 Å². The Hall–Kier alpha value is -2.06. The van der Waals surface area contributed by atoms with Crippen molar-refractivity contribution in [1.82, 2.24) is 15.8 Å². The molecule has 23 heavy (non-hydrogen) atoms. The molecule has 0 amide bonds. The first-order chi connectivity index (χ1) is 11.3. The molecule has 1 rings (SSSR count). The Bertz CT molecular complexity index is 470. The second-order valence-corrected chi connectivity index (χ2v) is 5.61. The molecule has 5 heteroatoms. The highest BCUT2D eigenvalue weighted by atomic mass is 15.4. The van der Waals surface area contributed by atoms with Gasteiger partial charge in [0.15, 0.2) is 6.19 Å². The summed E-state index contributed by atoms with van der Waals surface area (Å²) >= 11 is 0. The minimum Gasteiger partial charge on any atom is -0.314 e. The van der Waals surface area contributed by atoms with Gasteiger partial charge in [-0.3, -0.25) is 4.99 Å². The van der Waals surface area contributed by atoms with E-state index < -0.39 is 0 Å². The van der Waals surface area contributed by atoms with Crippen LogP contribution in [0.4, 0.5) is 0 Å². The molecule has 1 unspecified atom stereocenters. The Labute approximate surface area is 140 Å². The Balaban J connectivity index is 2.17. The Morgan fingerprint density at radius 2 is 2.22 bits per heavy atom. The minimum absolute atomic E-state index is 0.334. The third-order valence-corrected chi connectivity index (χ3v) is 3.74. The molecule has 2 N–H and O–H groups in total. The number of rotatable bonds is 10. The standard InChI is InChI=1S/C18H29N5/c1-3-18(12-14-23(2)15-19)22-21-16-20-13-11-17-9-7-5-4-6-8-10-17/h4-5,8-10,16,18,22H,3,6-7,11-14H2,1-2H3,(H,20,21)/b5-4-,10-8-,17-9+. The van der Waals surface area contributed by atoms with Crippen LogP contribution in [0.5, 0.6) is 0 Å². The van der Waals surface area contributed by atoms with Gasteiger partial charge in [0.1, 0.15) is 0 Å². The molecule has 1 aliphatic carbocycles. The second-order valence-electron chi connectivity index (χ2n) is 5.61. The Kier molecular flexibility index (Phi) is 10.3. The normalized spacial score (nSPS) is 20.7. The van der Waals surface area contributed by atoms with E-state index in [1.54, 1.807) is 18.3 Å². The fraction of sp³-hybridized carbons (Fsp3) is 0.556. The summed E-state index contributed by atoms with van der Waals surface area (Å²) in [4.78, 5) is 6.03. The number of hydrogen-bond donors (Lipinski definition) is 2. The molecule has 0 radical (unpaired) electrons. The highest BCUT2D eigenvalue weighted by molar-refractivity contribution is 5.53. The molecule has 0 aromatic carbocycles. The van der Waals surface area contributed by atoms with Crippen molar-refractivity contribution >= 4 is 6.34 Å². The molecule has 0 spiro atoms. The van der Waals surface area contributed by atoms with E-state index >= 15 is 0 Å². The molecule has 5 nitrogen and oxygen atoms in total. The van der Waals surface area contributed by atoms with Gasteiger partial charge >= 0.3 is 0 Å². The van der Waals surface area contributed by atoms with Gasteiger partial charge in [0.2, 0.25) is 0 Å². The second kappa shape index (κ2) is 12.5. The lowest BCUT2D eigenvalue weighted by Gasteiger charge is -2.18. The summed E-state index contributed by atoms with van der Waals surface area (Å²) in [7, 11) is 1.80. The molecule has 0 aromatic rings. The van der Waals surface area contributed by atoms with Gasteiger partial charge < -0.3 is 10.3 Å². The lowest BCUT2D eigenvalue weighted by atomic mass is 10.1. The summed E-state index contributed by atoms with van der Waals surface area (Å²) < 4.78 is 0. The van der Waals surface area contributed by atoms with Gasteiger partial charge in [0.25, 0.3) is 0 Å². The summed E-state index contributed by atoms with van der Waals surface area (Å²) in [6, 6.07) is 0.334. The molecule has 0 aliphatic heterocycles. The smallest absolute Gasteiger partial charge is 0.179 e. The van der Waals surface area contributed by atoms with Crippen molar-refractivity contribution in [2.45, 2.75) is 45.1 Å². The highest BCUT2D eigenvalue weighted by Crippen LogP contribution is 2.09. The molecular formula is C18H29N5. The topological polar surface area (TPSA) is 63.5 Å². The van der Waals surface area contributed by atoms with Crippen LogP contribution in [0.1, 0.15) is 39.0 Å². The van der Waals surface area contributed by atoms with Crippen LogP contribution in [0.2, 0.25) is 0 Å². The van der Waals surface area contributed by atoms with Crippen molar-refractivity contribution < 1.29 is 0 Å². The summed E-state index contributed by atoms with van der Waals surface area (Å²) in [6.07, 6.45) is 19.8. The van der Waals surface area contributed by atoms with Crippen LogP contribution in [0.3, 0.4) is 0 Å². The molecule has 0 fully saturated rings. The molecule has 0 saturated carbocycles. The van der Waals surface area contributed by atoms with Crippen molar-refractivity contribution in [2.24, 2.45) is 4.99 Å². The molecule has 0 saturated heterocycles. The first-order valence-electron chi connectivity index (χ1n) is 8.37. The van der Waals surface area contributed by atoms with Gasteiger partial charge in [-0.1, -0.05) is 42.9 Å². The molecule has 0 aromatic heterocycles. The monoisotopic (exact) mass is 315 g/mol. The summed E-state index contributed by atoms with van der Waals surface area (Å²) in [5, 5.41) is 8.74. The van der Waals surface area contributed by atoms with Crippen LogP contribution >= 0.6 is 0 Å². The van der Waals surface area contributed by atoms with E-state index in [4.69, 9.17) is 5.26 Å². The van der Waals surface area contributed by atoms with Crippen molar-refractivity contribution in [3.8, 4) is 6.19 Å². The summed E-state index contributed by atoms with van der Waals surface area (Å²) in [5.74, 6) is 0. The average molecular weight is 315 g/mol. The number of hydrogen-bond acceptors (Lipinski definition) is 4. The molecular weight excluding hydrogens is 286 g/mol. The van der Waals surface area contributed by atoms with E-state index in [0.29, 0.717) is 6.04 Å². The fourth-order valence-corrected chi connectivity index (χ4v) is 2.20. The number of aliphatic imine (C=N–C) groups is 1. The van der Waals surface area contributed by atoms with Crippen LogP contribution in [0.15, 0.2) is 40.9 Å². The Morgan fingerprint density at radius 3 is 3.00 bits per heavy atom. The van der Waals surface area contributed by atoms with Crippen LogP contribution in [-0.4, -0.2) is 37.4 Å². The third kappa shape index (κ3) is 9.54. The zero-order chi connectivity index (χ0) is 16.8. The van der Waals surface area contributed by atoms with Crippen molar-refractivity contribution in [2.75, 3.05) is 20.1 Å². The van der Waals surface area contributed by atoms with Crippen LogP contribution < -0.4 is 10.9 Å². The molecule has 0 heterocycles. The number of nitriles is 1. The number of nitrogens with one attached hydrogen (secondary N) is 2. The first kappa shape index (κ1) is 19.0. The van der Waals surface area contributed by atoms with Crippen molar-refractivity contribution in [3.63, 3.8) is 0 Å². The average Bonchev–Trinajstić information content (AvgIpc) is 2.54. The van der Waals surface area contributed by atoms with E-state index in [1.165, 1.54) is 5.57 Å². The number of hydrazine groups is 1. The molecule has 1 atom stereocenters. The van der Waals surface area contributed by atoms with E-state index in [0.717, 1.165) is 45.2 Å². The van der Waals surface area contributed by atoms with Gasteiger partial charge in [-0.05, 0) is 32.1 Å². The summed E-state index contributed by atoms with van der Waals surface area (Å²) in [5.41, 5.74) is 7.63. The number of nitrogens with zero attached hydrogens (tertiary/aromatic N) is 3. The third-order valence-electron chi connectivity index (χ3n) is 3.74. The largest absolute Gasteiger partial charge is 0.314 e. The zero-order valence-corrected chi connectivity index (χ0v) is 14.3. The molecule has 126 valence electrons. The van der Waals surface area contributed by atoms with Crippen LogP contribution in [0.25, 0.3) is 0 Å². The predicted molar refractivity (Wildman–Crippen MR) is 96.8 cm³/mol. The number of allylic oxidation sites excluding steroid dienone is 5. The van der Waals surface area contributed by atoms with Gasteiger partial charge in [-0.15, -0.1) is 0 Å². The van der Waals surface area contributed by atoms with Gasteiger partial charge in [-0.25, -0.2) is 5.43 Å². The lowest BCUT2D eigenvalue weighted by Crippen LogP contribution is -2.41. The van der Waals surface area contributed by atoms with Crippen LogP contribution in [0, 0.1) is 11.5 Å². The predicted octanol–water partition coefficient (Wildman–Crippen LogP) is 2.91. The molecule has 1 aliphatic rings. The summed E-state index contributed by atoms with van der Waals surface area (Å²) in [6.45, 7) is 3.67. The van der Waals surface area contributed by atoms with Crippen molar-refractivity contribution in [1.29, 1.82) is 5.26 Å².